The standard InChI is InChI=1S/C22H24N4OS/c1-16(28-22-19-7-3-4-8-20(19)23-15-24-22)21(27)25-17-9-11-18(12-10-17)26-13-5-2-6-14-26/h3-4,7-12,15-16H,2,5-6,13-14H2,1H3,(H,25,27). The van der Waals surface area contributed by atoms with E-state index in [-0.39, 0.29) is 11.2 Å². The Morgan fingerprint density at radius 1 is 1.04 bits per heavy atom. The molecule has 1 aliphatic heterocycles. The molecule has 5 nitrogen and oxygen atoms in total. The highest BCUT2D eigenvalue weighted by atomic mass is 32.2. The molecule has 0 saturated carbocycles. The predicted molar refractivity (Wildman–Crippen MR) is 116 cm³/mol. The second-order valence-corrected chi connectivity index (χ2v) is 8.37. The Morgan fingerprint density at radius 2 is 1.79 bits per heavy atom. The summed E-state index contributed by atoms with van der Waals surface area (Å²) in [5, 5.41) is 4.55. The topological polar surface area (TPSA) is 58.1 Å². The summed E-state index contributed by atoms with van der Waals surface area (Å²) in [5.41, 5.74) is 2.94. The third-order valence-electron chi connectivity index (χ3n) is 5.02. The van der Waals surface area contributed by atoms with E-state index in [2.05, 4.69) is 32.3 Å². The van der Waals surface area contributed by atoms with Crippen molar-refractivity contribution in [1.29, 1.82) is 0 Å². The number of hydrogen-bond donors (Lipinski definition) is 1. The van der Waals surface area contributed by atoms with Gasteiger partial charge in [-0.1, -0.05) is 30.0 Å². The minimum Gasteiger partial charge on any atom is -0.372 e. The summed E-state index contributed by atoms with van der Waals surface area (Å²) in [6.07, 6.45) is 5.38. The normalized spacial score (nSPS) is 15.4. The zero-order valence-electron chi connectivity index (χ0n) is 16.0. The van der Waals surface area contributed by atoms with Gasteiger partial charge >= 0.3 is 0 Å². The van der Waals surface area contributed by atoms with E-state index in [1.54, 1.807) is 6.33 Å². The second-order valence-electron chi connectivity index (χ2n) is 7.04. The Hall–Kier alpha value is -2.60. The number of fused-ring (bicyclic) bond motifs is 1. The SMILES string of the molecule is CC(Sc1ncnc2ccccc12)C(=O)Nc1ccc(N2CCCCC2)cc1. The van der Waals surface area contributed by atoms with Gasteiger partial charge in [-0.25, -0.2) is 9.97 Å². The number of rotatable bonds is 5. The Balaban J connectivity index is 1.40. The lowest BCUT2D eigenvalue weighted by molar-refractivity contribution is -0.115. The number of benzene rings is 2. The van der Waals surface area contributed by atoms with Crippen molar-refractivity contribution in [3.63, 3.8) is 0 Å². The number of piperidine rings is 1. The zero-order chi connectivity index (χ0) is 19.3. The first-order chi connectivity index (χ1) is 13.7. The van der Waals surface area contributed by atoms with Crippen LogP contribution >= 0.6 is 11.8 Å². The summed E-state index contributed by atoms with van der Waals surface area (Å²) in [6, 6.07) is 16.0. The van der Waals surface area contributed by atoms with Crippen LogP contribution in [0.25, 0.3) is 10.9 Å². The number of thioether (sulfide) groups is 1. The number of nitrogens with zero attached hydrogens (tertiary/aromatic N) is 3. The molecule has 0 bridgehead atoms. The van der Waals surface area contributed by atoms with Gasteiger partial charge in [0.05, 0.1) is 10.8 Å². The Bertz CT molecular complexity index is 949. The van der Waals surface area contributed by atoms with E-state index in [1.165, 1.54) is 36.7 Å². The number of amides is 1. The maximum atomic E-state index is 12.7. The highest BCUT2D eigenvalue weighted by Gasteiger charge is 2.17. The first kappa shape index (κ1) is 18.7. The molecule has 1 unspecified atom stereocenters. The molecular formula is C22H24N4OS. The van der Waals surface area contributed by atoms with E-state index in [9.17, 15) is 4.79 Å². The van der Waals surface area contributed by atoms with Gasteiger partial charge in [0.25, 0.3) is 0 Å². The molecule has 1 saturated heterocycles. The summed E-state index contributed by atoms with van der Waals surface area (Å²) >= 11 is 1.45. The van der Waals surface area contributed by atoms with Crippen LogP contribution in [0.4, 0.5) is 11.4 Å². The number of para-hydroxylation sites is 1. The summed E-state index contributed by atoms with van der Waals surface area (Å²) in [5.74, 6) is -0.0292. The maximum absolute atomic E-state index is 12.7. The molecule has 1 aliphatic rings. The van der Waals surface area contributed by atoms with Crippen LogP contribution in [0.2, 0.25) is 0 Å². The number of carbonyl (C=O) groups is 1. The van der Waals surface area contributed by atoms with Crippen molar-refractivity contribution in [1.82, 2.24) is 9.97 Å². The Morgan fingerprint density at radius 3 is 2.57 bits per heavy atom. The van der Waals surface area contributed by atoms with Crippen molar-refractivity contribution in [2.24, 2.45) is 0 Å². The average molecular weight is 393 g/mol. The molecule has 2 heterocycles. The van der Waals surface area contributed by atoms with Gasteiger partial charge in [0.15, 0.2) is 0 Å². The van der Waals surface area contributed by atoms with Crippen molar-refractivity contribution in [3.05, 3.63) is 54.9 Å². The van der Waals surface area contributed by atoms with E-state index in [0.717, 1.165) is 34.7 Å². The molecule has 2 aromatic carbocycles. The predicted octanol–water partition coefficient (Wildman–Crippen LogP) is 4.74. The van der Waals surface area contributed by atoms with Crippen LogP contribution in [0.1, 0.15) is 26.2 Å². The lowest BCUT2D eigenvalue weighted by Crippen LogP contribution is -2.29. The summed E-state index contributed by atoms with van der Waals surface area (Å²) in [7, 11) is 0. The molecule has 1 fully saturated rings. The van der Waals surface area contributed by atoms with E-state index in [4.69, 9.17) is 0 Å². The molecule has 144 valence electrons. The zero-order valence-corrected chi connectivity index (χ0v) is 16.8. The first-order valence-corrected chi connectivity index (χ1v) is 10.6. The lowest BCUT2D eigenvalue weighted by Gasteiger charge is -2.28. The van der Waals surface area contributed by atoms with Crippen molar-refractivity contribution in [3.8, 4) is 0 Å². The largest absolute Gasteiger partial charge is 0.372 e. The van der Waals surface area contributed by atoms with Gasteiger partial charge in [-0.2, -0.15) is 0 Å². The fraction of sp³-hybridized carbons (Fsp3) is 0.318. The minimum atomic E-state index is -0.264. The van der Waals surface area contributed by atoms with E-state index < -0.39 is 0 Å². The monoisotopic (exact) mass is 392 g/mol. The lowest BCUT2D eigenvalue weighted by atomic mass is 10.1. The van der Waals surface area contributed by atoms with Gasteiger partial charge in [0.2, 0.25) is 5.91 Å². The summed E-state index contributed by atoms with van der Waals surface area (Å²) in [6.45, 7) is 4.14. The molecule has 1 aromatic heterocycles. The third-order valence-corrected chi connectivity index (χ3v) is 6.14. The highest BCUT2D eigenvalue weighted by Crippen LogP contribution is 2.28. The molecule has 6 heteroatoms. The third kappa shape index (κ3) is 4.28. The van der Waals surface area contributed by atoms with Gasteiger partial charge in [0.1, 0.15) is 11.4 Å². The molecule has 4 rings (SSSR count). The summed E-state index contributed by atoms with van der Waals surface area (Å²) < 4.78 is 0. The van der Waals surface area contributed by atoms with Gasteiger partial charge in [0, 0.05) is 29.9 Å². The molecule has 1 amide bonds. The number of carbonyl (C=O) groups excluding carboxylic acids is 1. The van der Waals surface area contributed by atoms with Crippen LogP contribution in [0, 0.1) is 0 Å². The van der Waals surface area contributed by atoms with Crippen molar-refractivity contribution in [2.75, 3.05) is 23.3 Å². The fourth-order valence-electron chi connectivity index (χ4n) is 3.45. The van der Waals surface area contributed by atoms with Gasteiger partial charge in [-0.3, -0.25) is 4.79 Å². The van der Waals surface area contributed by atoms with Crippen molar-refractivity contribution < 1.29 is 4.79 Å². The first-order valence-electron chi connectivity index (χ1n) is 9.73. The molecular weight excluding hydrogens is 368 g/mol. The second kappa shape index (κ2) is 8.61. The fourth-order valence-corrected chi connectivity index (χ4v) is 4.35. The molecule has 0 aliphatic carbocycles. The minimum absolute atomic E-state index is 0.0292. The van der Waals surface area contributed by atoms with Crippen LogP contribution in [0.15, 0.2) is 59.9 Å². The smallest absolute Gasteiger partial charge is 0.237 e. The van der Waals surface area contributed by atoms with E-state index >= 15 is 0 Å². The Labute approximate surface area is 169 Å². The number of hydrogen-bond acceptors (Lipinski definition) is 5. The average Bonchev–Trinajstić information content (AvgIpc) is 2.75. The summed E-state index contributed by atoms with van der Waals surface area (Å²) in [4.78, 5) is 23.7. The molecule has 3 aromatic rings. The molecule has 0 radical (unpaired) electrons. The van der Waals surface area contributed by atoms with Crippen LogP contribution in [-0.4, -0.2) is 34.2 Å². The van der Waals surface area contributed by atoms with E-state index in [0.29, 0.717) is 0 Å². The molecule has 1 atom stereocenters. The molecule has 1 N–H and O–H groups in total. The van der Waals surface area contributed by atoms with Crippen LogP contribution in [0.3, 0.4) is 0 Å². The quantitative estimate of drug-likeness (QED) is 0.502. The molecule has 0 spiro atoms. The molecule has 28 heavy (non-hydrogen) atoms. The number of nitrogens with one attached hydrogen (secondary N) is 1. The highest BCUT2D eigenvalue weighted by molar-refractivity contribution is 8.00. The number of anilines is 2. The van der Waals surface area contributed by atoms with Gasteiger partial charge in [-0.05, 0) is 56.5 Å². The van der Waals surface area contributed by atoms with Crippen molar-refractivity contribution in [2.45, 2.75) is 36.5 Å². The van der Waals surface area contributed by atoms with Crippen LogP contribution in [0.5, 0.6) is 0 Å². The number of aromatic nitrogens is 2. The van der Waals surface area contributed by atoms with Crippen molar-refractivity contribution >= 4 is 39.9 Å². The van der Waals surface area contributed by atoms with Crippen LogP contribution < -0.4 is 10.2 Å². The Kier molecular flexibility index (Phi) is 5.76. The van der Waals surface area contributed by atoms with E-state index in [1.807, 2.05) is 43.3 Å². The van der Waals surface area contributed by atoms with Gasteiger partial charge < -0.3 is 10.2 Å². The van der Waals surface area contributed by atoms with Crippen LogP contribution in [-0.2, 0) is 4.79 Å². The maximum Gasteiger partial charge on any atom is 0.237 e. The van der Waals surface area contributed by atoms with Gasteiger partial charge in [-0.15, -0.1) is 0 Å².